The molecule has 1 atom stereocenters. The first kappa shape index (κ1) is 26.7. The van der Waals surface area contributed by atoms with Crippen LogP contribution in [0.15, 0.2) is 54.9 Å². The van der Waals surface area contributed by atoms with E-state index in [0.717, 1.165) is 56.3 Å². The number of rotatable bonds is 7. The Morgan fingerprint density at radius 1 is 1.02 bits per heavy atom. The second kappa shape index (κ2) is 11.9. The molecule has 4 N–H and O–H groups in total. The van der Waals surface area contributed by atoms with Crippen LogP contribution < -0.4 is 20.7 Å². The predicted molar refractivity (Wildman–Crippen MR) is 156 cm³/mol. The summed E-state index contributed by atoms with van der Waals surface area (Å²) in [6.45, 7) is 5.20. The van der Waals surface area contributed by atoms with Crippen LogP contribution in [0, 0.1) is 12.8 Å². The van der Waals surface area contributed by atoms with Gasteiger partial charge in [-0.3, -0.25) is 14.7 Å². The SMILES string of the molecule is Cc1ccnc(NC(=O)c2ccc(Oc3ccnc4[nH]nc(N[C@@H]5CCCN(C(=O)C6CCNCC6)C5)c34)cc2)c1. The molecule has 11 nitrogen and oxygen atoms in total. The van der Waals surface area contributed by atoms with Crippen molar-refractivity contribution >= 4 is 34.5 Å². The molecule has 2 saturated heterocycles. The second-order valence-electron chi connectivity index (χ2n) is 10.7. The van der Waals surface area contributed by atoms with Gasteiger partial charge < -0.3 is 25.6 Å². The van der Waals surface area contributed by atoms with E-state index < -0.39 is 0 Å². The molecule has 2 aliphatic rings. The third kappa shape index (κ3) is 6.14. The Bertz CT molecular complexity index is 1530. The number of carbonyl (C=O) groups is 2. The van der Waals surface area contributed by atoms with Crippen molar-refractivity contribution in [3.05, 3.63) is 66.0 Å². The first-order chi connectivity index (χ1) is 20.0. The van der Waals surface area contributed by atoms with Crippen LogP contribution in [0.1, 0.15) is 41.6 Å². The van der Waals surface area contributed by atoms with E-state index >= 15 is 0 Å². The number of amides is 2. The van der Waals surface area contributed by atoms with Gasteiger partial charge in [0.05, 0.1) is 0 Å². The molecule has 0 spiro atoms. The summed E-state index contributed by atoms with van der Waals surface area (Å²) in [5.74, 6) is 2.45. The lowest BCUT2D eigenvalue weighted by Crippen LogP contribution is -2.48. The predicted octanol–water partition coefficient (Wildman–Crippen LogP) is 4.11. The topological polar surface area (TPSA) is 137 Å². The van der Waals surface area contributed by atoms with Gasteiger partial charge >= 0.3 is 0 Å². The van der Waals surface area contributed by atoms with Gasteiger partial charge in [-0.2, -0.15) is 5.10 Å². The maximum atomic E-state index is 13.1. The molecule has 0 unspecified atom stereocenters. The molecule has 0 saturated carbocycles. The smallest absolute Gasteiger partial charge is 0.256 e. The van der Waals surface area contributed by atoms with Crippen LogP contribution in [-0.4, -0.2) is 69.1 Å². The van der Waals surface area contributed by atoms with Crippen LogP contribution in [0.5, 0.6) is 11.5 Å². The van der Waals surface area contributed by atoms with E-state index in [-0.39, 0.29) is 23.8 Å². The monoisotopic (exact) mass is 554 g/mol. The lowest BCUT2D eigenvalue weighted by molar-refractivity contribution is -0.137. The number of likely N-dealkylation sites (tertiary alicyclic amines) is 1. The first-order valence-corrected chi connectivity index (χ1v) is 14.1. The molecule has 1 aromatic carbocycles. The standard InChI is InChI=1S/C30H34N8O3/c1-19-8-14-32-25(17-19)35-29(39)20-4-6-23(7-5-20)41-24-11-15-33-27-26(24)28(37-36-27)34-22-3-2-16-38(18-22)30(40)21-9-12-31-13-10-21/h4-8,11,14-15,17,21-22,31H,2-3,9-10,12-13,16,18H2,1H3,(H,32,35,39)(H2,33,34,36,37)/t22-/m1/s1. The first-order valence-electron chi connectivity index (χ1n) is 14.1. The summed E-state index contributed by atoms with van der Waals surface area (Å²) >= 11 is 0. The van der Waals surface area contributed by atoms with Gasteiger partial charge in [-0.1, -0.05) is 0 Å². The second-order valence-corrected chi connectivity index (χ2v) is 10.7. The minimum Gasteiger partial charge on any atom is -0.456 e. The number of nitrogens with zero attached hydrogens (tertiary/aromatic N) is 4. The number of hydrogen-bond acceptors (Lipinski definition) is 8. The lowest BCUT2D eigenvalue weighted by atomic mass is 9.95. The van der Waals surface area contributed by atoms with Gasteiger partial charge in [0.1, 0.15) is 22.7 Å². The molecule has 0 aliphatic carbocycles. The van der Waals surface area contributed by atoms with Crippen molar-refractivity contribution in [3.8, 4) is 11.5 Å². The Morgan fingerprint density at radius 3 is 2.63 bits per heavy atom. The molecular weight excluding hydrogens is 520 g/mol. The van der Waals surface area contributed by atoms with E-state index in [1.54, 1.807) is 42.7 Å². The highest BCUT2D eigenvalue weighted by atomic mass is 16.5. The molecule has 2 amide bonds. The summed E-state index contributed by atoms with van der Waals surface area (Å²) < 4.78 is 6.23. The molecule has 2 fully saturated rings. The Balaban J connectivity index is 1.14. The zero-order chi connectivity index (χ0) is 28.2. The molecule has 2 aliphatic heterocycles. The van der Waals surface area contributed by atoms with Crippen LogP contribution in [0.3, 0.4) is 0 Å². The number of aromatic nitrogens is 4. The normalized spacial score (nSPS) is 17.8. The van der Waals surface area contributed by atoms with Crippen molar-refractivity contribution in [2.75, 3.05) is 36.8 Å². The van der Waals surface area contributed by atoms with Gasteiger partial charge in [-0.05, 0) is 87.7 Å². The summed E-state index contributed by atoms with van der Waals surface area (Å²) in [6, 6.07) is 12.5. The fraction of sp³-hybridized carbons (Fsp3) is 0.367. The van der Waals surface area contributed by atoms with Crippen molar-refractivity contribution in [1.82, 2.24) is 30.4 Å². The lowest BCUT2D eigenvalue weighted by Gasteiger charge is -2.36. The number of aryl methyl sites for hydroxylation is 1. The molecule has 11 heteroatoms. The number of fused-ring (bicyclic) bond motifs is 1. The van der Waals surface area contributed by atoms with E-state index in [0.29, 0.717) is 40.9 Å². The van der Waals surface area contributed by atoms with E-state index in [2.05, 4.69) is 36.1 Å². The number of hydrogen-bond donors (Lipinski definition) is 4. The minimum absolute atomic E-state index is 0.0784. The number of carbonyl (C=O) groups excluding carboxylic acids is 2. The summed E-state index contributed by atoms with van der Waals surface area (Å²) in [4.78, 5) is 36.4. The van der Waals surface area contributed by atoms with Gasteiger partial charge in [0, 0.05) is 49.1 Å². The largest absolute Gasteiger partial charge is 0.456 e. The molecule has 4 aromatic rings. The molecule has 0 bridgehead atoms. The number of ether oxygens (including phenoxy) is 1. The van der Waals surface area contributed by atoms with Gasteiger partial charge in [-0.15, -0.1) is 0 Å². The van der Waals surface area contributed by atoms with Gasteiger partial charge in [0.15, 0.2) is 11.5 Å². The number of aromatic amines is 1. The summed E-state index contributed by atoms with van der Waals surface area (Å²) in [7, 11) is 0. The summed E-state index contributed by atoms with van der Waals surface area (Å²) in [6.07, 6.45) is 7.02. The highest BCUT2D eigenvalue weighted by molar-refractivity contribution is 6.03. The fourth-order valence-electron chi connectivity index (χ4n) is 5.52. The number of piperidine rings is 2. The van der Waals surface area contributed by atoms with Gasteiger partial charge in [-0.25, -0.2) is 9.97 Å². The van der Waals surface area contributed by atoms with Crippen LogP contribution in [-0.2, 0) is 4.79 Å². The van der Waals surface area contributed by atoms with Crippen molar-refractivity contribution in [1.29, 1.82) is 0 Å². The van der Waals surface area contributed by atoms with Crippen LogP contribution >= 0.6 is 0 Å². The summed E-state index contributed by atoms with van der Waals surface area (Å²) in [5.41, 5.74) is 2.11. The molecule has 0 radical (unpaired) electrons. The molecule has 6 rings (SSSR count). The quantitative estimate of drug-likeness (QED) is 0.268. The zero-order valence-corrected chi connectivity index (χ0v) is 23.0. The molecular formula is C30H34N8O3. The average Bonchev–Trinajstić information content (AvgIpc) is 3.41. The summed E-state index contributed by atoms with van der Waals surface area (Å²) in [5, 5.41) is 17.9. The van der Waals surface area contributed by atoms with Crippen molar-refractivity contribution in [3.63, 3.8) is 0 Å². The van der Waals surface area contributed by atoms with Crippen molar-refractivity contribution in [2.24, 2.45) is 5.92 Å². The number of anilines is 2. The molecule has 41 heavy (non-hydrogen) atoms. The van der Waals surface area contributed by atoms with Gasteiger partial charge in [0.2, 0.25) is 5.91 Å². The third-order valence-corrected chi connectivity index (χ3v) is 7.69. The average molecular weight is 555 g/mol. The van der Waals surface area contributed by atoms with Crippen LogP contribution in [0.4, 0.5) is 11.6 Å². The number of pyridine rings is 2. The third-order valence-electron chi connectivity index (χ3n) is 7.69. The number of benzene rings is 1. The van der Waals surface area contributed by atoms with Crippen LogP contribution in [0.25, 0.3) is 11.0 Å². The highest BCUT2D eigenvalue weighted by Gasteiger charge is 2.30. The maximum Gasteiger partial charge on any atom is 0.256 e. The highest BCUT2D eigenvalue weighted by Crippen LogP contribution is 2.34. The van der Waals surface area contributed by atoms with E-state index in [9.17, 15) is 9.59 Å². The fourth-order valence-corrected chi connectivity index (χ4v) is 5.52. The Hall–Kier alpha value is -4.51. The number of nitrogens with one attached hydrogen (secondary N) is 4. The Morgan fingerprint density at radius 2 is 1.83 bits per heavy atom. The van der Waals surface area contributed by atoms with E-state index in [4.69, 9.17) is 4.74 Å². The van der Waals surface area contributed by atoms with Crippen molar-refractivity contribution < 1.29 is 14.3 Å². The van der Waals surface area contributed by atoms with E-state index in [1.807, 2.05) is 24.0 Å². The van der Waals surface area contributed by atoms with E-state index in [1.165, 1.54) is 0 Å². The Labute approximate surface area is 238 Å². The minimum atomic E-state index is -0.248. The Kier molecular flexibility index (Phi) is 7.77. The number of H-pyrrole nitrogens is 1. The van der Waals surface area contributed by atoms with Crippen molar-refractivity contribution in [2.45, 2.75) is 38.6 Å². The molecule has 212 valence electrons. The van der Waals surface area contributed by atoms with Gasteiger partial charge in [0.25, 0.3) is 5.91 Å². The molecule has 5 heterocycles. The molecule has 3 aromatic heterocycles. The maximum absolute atomic E-state index is 13.1. The zero-order valence-electron chi connectivity index (χ0n) is 23.0. The van der Waals surface area contributed by atoms with Crippen LogP contribution in [0.2, 0.25) is 0 Å².